The van der Waals surface area contributed by atoms with Crippen LogP contribution in [0.25, 0.3) is 0 Å². The van der Waals surface area contributed by atoms with Gasteiger partial charge in [0.05, 0.1) is 6.04 Å². The van der Waals surface area contributed by atoms with Crippen LogP contribution in [0.3, 0.4) is 0 Å². The van der Waals surface area contributed by atoms with Gasteiger partial charge in [-0.15, -0.1) is 0 Å². The maximum absolute atomic E-state index is 12.6. The first-order valence-corrected chi connectivity index (χ1v) is 8.57. The fourth-order valence-corrected chi connectivity index (χ4v) is 3.68. The minimum absolute atomic E-state index is 0.0189. The van der Waals surface area contributed by atoms with E-state index >= 15 is 0 Å². The number of rotatable bonds is 2. The molecule has 1 saturated heterocycles. The molecule has 0 saturated carbocycles. The Bertz CT molecular complexity index is 579. The van der Waals surface area contributed by atoms with E-state index in [-0.39, 0.29) is 23.9 Å². The minimum atomic E-state index is -0.247. The highest BCUT2D eigenvalue weighted by atomic mass is 16.2. The molecule has 0 unspecified atom stereocenters. The fourth-order valence-electron chi connectivity index (χ4n) is 3.68. The molecule has 1 aliphatic heterocycles. The fraction of sp³-hybridized carbons (Fsp3) is 0.556. The molecule has 23 heavy (non-hydrogen) atoms. The molecule has 124 valence electrons. The lowest BCUT2D eigenvalue weighted by Gasteiger charge is -2.32. The number of fused-ring (bicyclic) bond motifs is 1. The first-order chi connectivity index (χ1) is 11.1. The monoisotopic (exact) mass is 315 g/mol. The van der Waals surface area contributed by atoms with Gasteiger partial charge in [0.1, 0.15) is 0 Å². The van der Waals surface area contributed by atoms with Gasteiger partial charge in [-0.05, 0) is 43.2 Å². The molecule has 2 aliphatic rings. The maximum Gasteiger partial charge on any atom is 0.317 e. The number of aryl methyl sites for hydroxylation is 1. The first-order valence-electron chi connectivity index (χ1n) is 8.57. The standard InChI is InChI=1S/C18H25N3O2/c19-17(22)14-9-11-21(12-10-14)18(23)20-16-8-4-2-6-13-5-1-3-7-15(13)16/h1,3,5,7,14,16H,2,4,6,8-12H2,(H2,19,22)(H,20,23)/t16-/m1/s1. The number of nitrogens with one attached hydrogen (secondary N) is 1. The molecule has 1 aromatic rings. The third-order valence-corrected chi connectivity index (χ3v) is 5.10. The Morgan fingerprint density at radius 2 is 1.83 bits per heavy atom. The molecule has 3 amide bonds. The van der Waals surface area contributed by atoms with Crippen LogP contribution in [-0.2, 0) is 11.2 Å². The molecule has 3 N–H and O–H groups in total. The van der Waals surface area contributed by atoms with Crippen LogP contribution in [-0.4, -0.2) is 29.9 Å². The van der Waals surface area contributed by atoms with Crippen molar-refractivity contribution in [2.45, 2.75) is 44.6 Å². The van der Waals surface area contributed by atoms with Gasteiger partial charge >= 0.3 is 6.03 Å². The molecule has 0 radical (unpaired) electrons. The summed E-state index contributed by atoms with van der Waals surface area (Å²) in [5.74, 6) is -0.333. The van der Waals surface area contributed by atoms with E-state index in [1.807, 2.05) is 11.0 Å². The molecule has 1 aromatic carbocycles. The van der Waals surface area contributed by atoms with Gasteiger partial charge in [0.25, 0.3) is 0 Å². The van der Waals surface area contributed by atoms with E-state index in [4.69, 9.17) is 5.73 Å². The van der Waals surface area contributed by atoms with Crippen LogP contribution in [0.5, 0.6) is 0 Å². The van der Waals surface area contributed by atoms with Crippen molar-refractivity contribution >= 4 is 11.9 Å². The number of likely N-dealkylation sites (tertiary alicyclic amines) is 1. The zero-order chi connectivity index (χ0) is 16.2. The van der Waals surface area contributed by atoms with Gasteiger partial charge in [0.15, 0.2) is 0 Å². The lowest BCUT2D eigenvalue weighted by Crippen LogP contribution is -2.47. The molecule has 3 rings (SSSR count). The van der Waals surface area contributed by atoms with Crippen molar-refractivity contribution in [3.63, 3.8) is 0 Å². The Hall–Kier alpha value is -2.04. The number of nitrogens with zero attached hydrogens (tertiary/aromatic N) is 1. The van der Waals surface area contributed by atoms with E-state index in [0.717, 1.165) is 19.3 Å². The average molecular weight is 315 g/mol. The molecule has 5 heteroatoms. The summed E-state index contributed by atoms with van der Waals surface area (Å²) >= 11 is 0. The van der Waals surface area contributed by atoms with Crippen molar-refractivity contribution in [2.24, 2.45) is 11.7 Å². The quantitative estimate of drug-likeness (QED) is 0.822. The summed E-state index contributed by atoms with van der Waals surface area (Å²) < 4.78 is 0. The van der Waals surface area contributed by atoms with E-state index in [0.29, 0.717) is 25.9 Å². The molecule has 1 heterocycles. The highest BCUT2D eigenvalue weighted by Crippen LogP contribution is 2.29. The van der Waals surface area contributed by atoms with Crippen LogP contribution in [0.15, 0.2) is 24.3 Å². The van der Waals surface area contributed by atoms with E-state index in [1.165, 1.54) is 17.5 Å². The van der Waals surface area contributed by atoms with Gasteiger partial charge in [0.2, 0.25) is 5.91 Å². The van der Waals surface area contributed by atoms with Gasteiger partial charge < -0.3 is 16.0 Å². The number of piperidine rings is 1. The summed E-state index contributed by atoms with van der Waals surface area (Å²) in [6.45, 7) is 1.21. The molecule has 1 fully saturated rings. The molecule has 1 atom stereocenters. The summed E-state index contributed by atoms with van der Waals surface area (Å²) in [6.07, 6.45) is 5.72. The molecule has 0 spiro atoms. The number of carbonyl (C=O) groups is 2. The van der Waals surface area contributed by atoms with Gasteiger partial charge in [0, 0.05) is 19.0 Å². The smallest absolute Gasteiger partial charge is 0.317 e. The van der Waals surface area contributed by atoms with Crippen LogP contribution < -0.4 is 11.1 Å². The van der Waals surface area contributed by atoms with Crippen molar-refractivity contribution in [3.05, 3.63) is 35.4 Å². The highest BCUT2D eigenvalue weighted by molar-refractivity contribution is 5.78. The highest BCUT2D eigenvalue weighted by Gasteiger charge is 2.28. The largest absolute Gasteiger partial charge is 0.369 e. The topological polar surface area (TPSA) is 75.4 Å². The minimum Gasteiger partial charge on any atom is -0.369 e. The van der Waals surface area contributed by atoms with Gasteiger partial charge in [-0.1, -0.05) is 30.7 Å². The Morgan fingerprint density at radius 1 is 1.09 bits per heavy atom. The van der Waals surface area contributed by atoms with E-state index in [9.17, 15) is 9.59 Å². The predicted octanol–water partition coefficient (Wildman–Crippen LogP) is 2.36. The number of hydrogen-bond donors (Lipinski definition) is 2. The maximum atomic E-state index is 12.6. The second-order valence-electron chi connectivity index (χ2n) is 6.61. The van der Waals surface area contributed by atoms with Gasteiger partial charge in [-0.25, -0.2) is 4.79 Å². The van der Waals surface area contributed by atoms with Crippen molar-refractivity contribution in [1.82, 2.24) is 10.2 Å². The summed E-state index contributed by atoms with van der Waals surface area (Å²) in [5, 5.41) is 3.20. The summed E-state index contributed by atoms with van der Waals surface area (Å²) in [4.78, 5) is 25.6. The number of primary amides is 1. The summed E-state index contributed by atoms with van der Waals surface area (Å²) in [6, 6.07) is 8.48. The summed E-state index contributed by atoms with van der Waals surface area (Å²) in [7, 11) is 0. The normalized spacial score (nSPS) is 22.1. The van der Waals surface area contributed by atoms with Crippen molar-refractivity contribution in [1.29, 1.82) is 0 Å². The van der Waals surface area contributed by atoms with Crippen LogP contribution in [0.1, 0.15) is 49.3 Å². The van der Waals surface area contributed by atoms with E-state index in [2.05, 4.69) is 23.5 Å². The third kappa shape index (κ3) is 3.66. The molecular weight excluding hydrogens is 290 g/mol. The SMILES string of the molecule is NC(=O)C1CCN(C(=O)N[C@@H]2CCCCc3ccccc32)CC1. The zero-order valence-electron chi connectivity index (χ0n) is 13.5. The van der Waals surface area contributed by atoms with Crippen molar-refractivity contribution < 1.29 is 9.59 Å². The number of benzene rings is 1. The van der Waals surface area contributed by atoms with Crippen molar-refractivity contribution in [3.8, 4) is 0 Å². The number of nitrogens with two attached hydrogens (primary N) is 1. The van der Waals surface area contributed by atoms with Crippen LogP contribution >= 0.6 is 0 Å². The predicted molar refractivity (Wildman–Crippen MR) is 88.8 cm³/mol. The number of hydrogen-bond acceptors (Lipinski definition) is 2. The first kappa shape index (κ1) is 15.8. The molecule has 5 nitrogen and oxygen atoms in total. The number of urea groups is 1. The molecule has 0 bridgehead atoms. The summed E-state index contributed by atoms with van der Waals surface area (Å²) in [5.41, 5.74) is 7.96. The number of carbonyl (C=O) groups excluding carboxylic acids is 2. The van der Waals surface area contributed by atoms with Crippen LogP contribution in [0.4, 0.5) is 4.79 Å². The van der Waals surface area contributed by atoms with Crippen LogP contribution in [0.2, 0.25) is 0 Å². The second-order valence-corrected chi connectivity index (χ2v) is 6.61. The van der Waals surface area contributed by atoms with Gasteiger partial charge in [-0.2, -0.15) is 0 Å². The lowest BCUT2D eigenvalue weighted by molar-refractivity contribution is -0.123. The zero-order valence-corrected chi connectivity index (χ0v) is 13.5. The molecule has 0 aromatic heterocycles. The average Bonchev–Trinajstić information content (AvgIpc) is 2.77. The van der Waals surface area contributed by atoms with Crippen molar-refractivity contribution in [2.75, 3.05) is 13.1 Å². The van der Waals surface area contributed by atoms with Gasteiger partial charge in [-0.3, -0.25) is 4.79 Å². The Balaban J connectivity index is 1.63. The Kier molecular flexibility index (Phi) is 4.84. The van der Waals surface area contributed by atoms with Crippen LogP contribution in [0, 0.1) is 5.92 Å². The lowest BCUT2D eigenvalue weighted by atomic mass is 9.96. The molecule has 1 aliphatic carbocycles. The van der Waals surface area contributed by atoms with E-state index < -0.39 is 0 Å². The third-order valence-electron chi connectivity index (χ3n) is 5.10. The molecular formula is C18H25N3O2. The van der Waals surface area contributed by atoms with E-state index in [1.54, 1.807) is 0 Å². The second kappa shape index (κ2) is 7.02. The Labute approximate surface area is 137 Å². The Morgan fingerprint density at radius 3 is 2.57 bits per heavy atom. The number of amides is 3.